The van der Waals surface area contributed by atoms with Crippen molar-refractivity contribution in [2.75, 3.05) is 15.5 Å². The molecule has 0 spiro atoms. The fraction of sp³-hybridized carbons (Fsp3) is 0.167. The Kier molecular flexibility index (Phi) is 8.06. The van der Waals surface area contributed by atoms with E-state index in [-0.39, 0.29) is 33.9 Å². The van der Waals surface area contributed by atoms with Crippen molar-refractivity contribution >= 4 is 33.7 Å². The Bertz CT molecular complexity index is 2000. The van der Waals surface area contributed by atoms with Gasteiger partial charge >= 0.3 is 12.3 Å². The maximum Gasteiger partial charge on any atom is 0.431 e. The van der Waals surface area contributed by atoms with E-state index in [1.165, 1.54) is 36.1 Å². The minimum Gasteiger partial charge on any atom is -0.444 e. The topological polar surface area (TPSA) is 126 Å². The highest BCUT2D eigenvalue weighted by molar-refractivity contribution is 7.92. The Hall–Kier alpha value is -5.67. The van der Waals surface area contributed by atoms with Crippen LogP contribution in [0.15, 0.2) is 90.3 Å². The SMILES string of the molecule is [C-]#[N+]C1=C(C)N(c2cccc(C(F)(F)F)c2)c2nc(N(C(=O)OCc3ccccc3)S(C)(=O)=O)nn2[C@@H]1c1ccc(C#N)cc1. The minimum atomic E-state index is -4.69. The molecule has 11 nitrogen and oxygen atoms in total. The number of alkyl halides is 3. The van der Waals surface area contributed by atoms with Gasteiger partial charge < -0.3 is 4.74 Å². The van der Waals surface area contributed by atoms with Crippen LogP contribution in [0.25, 0.3) is 4.85 Å². The van der Waals surface area contributed by atoms with Crippen LogP contribution in [0.2, 0.25) is 0 Å². The molecule has 1 aliphatic rings. The van der Waals surface area contributed by atoms with Gasteiger partial charge in [0.25, 0.3) is 5.95 Å². The van der Waals surface area contributed by atoms with Gasteiger partial charge in [-0.1, -0.05) is 48.5 Å². The molecule has 228 valence electrons. The van der Waals surface area contributed by atoms with Gasteiger partial charge in [0.1, 0.15) is 12.6 Å². The number of nitrogens with zero attached hydrogens (tertiary/aromatic N) is 7. The summed E-state index contributed by atoms with van der Waals surface area (Å²) in [4.78, 5) is 22.4. The van der Waals surface area contributed by atoms with E-state index in [4.69, 9.17) is 11.3 Å². The molecule has 45 heavy (non-hydrogen) atoms. The van der Waals surface area contributed by atoms with Crippen LogP contribution in [-0.4, -0.2) is 35.5 Å². The lowest BCUT2D eigenvalue weighted by atomic mass is 9.99. The first-order valence-corrected chi connectivity index (χ1v) is 14.9. The number of rotatable bonds is 6. The molecule has 0 fully saturated rings. The van der Waals surface area contributed by atoms with Gasteiger partial charge in [-0.25, -0.2) is 22.7 Å². The molecule has 1 aliphatic heterocycles. The Labute approximate surface area is 255 Å². The van der Waals surface area contributed by atoms with Gasteiger partial charge in [0, 0.05) is 11.4 Å². The minimum absolute atomic E-state index is 0.0265. The number of benzene rings is 3. The molecule has 0 saturated heterocycles. The maximum absolute atomic E-state index is 13.7. The van der Waals surface area contributed by atoms with Crippen molar-refractivity contribution in [3.05, 3.63) is 124 Å². The van der Waals surface area contributed by atoms with Crippen molar-refractivity contribution in [3.63, 3.8) is 0 Å². The summed E-state index contributed by atoms with van der Waals surface area (Å²) in [7, 11) is -4.41. The molecule has 1 atom stereocenters. The Morgan fingerprint density at radius 3 is 2.40 bits per heavy atom. The zero-order valence-corrected chi connectivity index (χ0v) is 24.4. The summed E-state index contributed by atoms with van der Waals surface area (Å²) in [6, 6.07) is 19.9. The van der Waals surface area contributed by atoms with Crippen LogP contribution in [0.1, 0.15) is 35.2 Å². The second kappa shape index (κ2) is 11.8. The summed E-state index contributed by atoms with van der Waals surface area (Å²) in [6.45, 7) is 9.22. The molecule has 0 N–H and O–H groups in total. The predicted molar refractivity (Wildman–Crippen MR) is 156 cm³/mol. The first kappa shape index (κ1) is 30.8. The Balaban J connectivity index is 1.69. The van der Waals surface area contributed by atoms with Crippen molar-refractivity contribution in [2.45, 2.75) is 25.7 Å². The number of nitriles is 1. The first-order chi connectivity index (χ1) is 21.3. The van der Waals surface area contributed by atoms with Gasteiger partial charge in [0.2, 0.25) is 21.7 Å². The maximum atomic E-state index is 13.7. The number of halogens is 3. The van der Waals surface area contributed by atoms with Crippen LogP contribution in [0.3, 0.4) is 0 Å². The van der Waals surface area contributed by atoms with Crippen molar-refractivity contribution < 1.29 is 31.1 Å². The number of carbonyl (C=O) groups is 1. The molecule has 0 bridgehead atoms. The second-order valence-electron chi connectivity index (χ2n) is 9.83. The molecule has 3 aromatic carbocycles. The normalized spacial score (nSPS) is 14.7. The van der Waals surface area contributed by atoms with Gasteiger partial charge in [-0.3, -0.25) is 4.90 Å². The average Bonchev–Trinajstić information content (AvgIpc) is 3.42. The molecule has 1 aromatic heterocycles. The lowest BCUT2D eigenvalue weighted by molar-refractivity contribution is -0.137. The van der Waals surface area contributed by atoms with Crippen LogP contribution in [0.4, 0.5) is 35.5 Å². The van der Waals surface area contributed by atoms with E-state index >= 15 is 0 Å². The zero-order valence-electron chi connectivity index (χ0n) is 23.6. The van der Waals surface area contributed by atoms with Crippen molar-refractivity contribution in [3.8, 4) is 6.07 Å². The highest BCUT2D eigenvalue weighted by Crippen LogP contribution is 2.44. The zero-order chi connectivity index (χ0) is 32.5. The van der Waals surface area contributed by atoms with Gasteiger partial charge in [-0.05, 0) is 48.4 Å². The van der Waals surface area contributed by atoms with E-state index in [0.717, 1.165) is 23.1 Å². The van der Waals surface area contributed by atoms with E-state index in [1.807, 2.05) is 6.07 Å². The number of hydrogen-bond donors (Lipinski definition) is 0. The molecular weight excluding hydrogens is 611 g/mol. The highest BCUT2D eigenvalue weighted by atomic mass is 32.2. The molecule has 0 unspecified atom stereocenters. The van der Waals surface area contributed by atoms with E-state index in [0.29, 0.717) is 16.7 Å². The third-order valence-corrected chi connectivity index (χ3v) is 7.78. The number of amides is 1. The first-order valence-electron chi connectivity index (χ1n) is 13.1. The van der Waals surface area contributed by atoms with Crippen LogP contribution in [0.5, 0.6) is 0 Å². The fourth-order valence-corrected chi connectivity index (χ4v) is 5.45. The van der Waals surface area contributed by atoms with Crippen LogP contribution in [-0.2, 0) is 27.5 Å². The smallest absolute Gasteiger partial charge is 0.431 e. The average molecular weight is 634 g/mol. The number of carbonyl (C=O) groups excluding carboxylic acids is 1. The molecule has 15 heteroatoms. The summed E-state index contributed by atoms with van der Waals surface area (Å²) in [5.41, 5.74) is 0.544. The standard InChI is InChI=1S/C30H22F3N7O4S/c1-19-25(35-2)26(22-14-12-20(17-34)13-15-22)39-28(38(19)24-11-7-10-23(16-24)30(31,32)33)36-27(37-39)40(45(3,42)43)29(41)44-18-21-8-5-4-6-9-21/h4-16,26H,18H2,1,3H3/t26-/m1/s1. The quantitative estimate of drug-likeness (QED) is 0.231. The molecule has 2 heterocycles. The van der Waals surface area contributed by atoms with E-state index < -0.39 is 39.8 Å². The molecule has 4 aromatic rings. The molecule has 0 aliphatic carbocycles. The number of aromatic nitrogens is 3. The monoisotopic (exact) mass is 633 g/mol. The Morgan fingerprint density at radius 1 is 1.11 bits per heavy atom. The summed E-state index contributed by atoms with van der Waals surface area (Å²) in [6.07, 6.45) is -5.26. The van der Waals surface area contributed by atoms with Crippen molar-refractivity contribution in [1.29, 1.82) is 5.26 Å². The largest absolute Gasteiger partial charge is 0.444 e. The van der Waals surface area contributed by atoms with Gasteiger partial charge in [0.15, 0.2) is 0 Å². The van der Waals surface area contributed by atoms with E-state index in [1.54, 1.807) is 42.5 Å². The number of hydrogen-bond acceptors (Lipinski definition) is 8. The highest BCUT2D eigenvalue weighted by Gasteiger charge is 2.40. The molecule has 0 saturated carbocycles. The summed E-state index contributed by atoms with van der Waals surface area (Å²) >= 11 is 0. The van der Waals surface area contributed by atoms with Crippen molar-refractivity contribution in [2.24, 2.45) is 0 Å². The lowest BCUT2D eigenvalue weighted by Crippen LogP contribution is -2.37. The summed E-state index contributed by atoms with van der Waals surface area (Å²) in [5.74, 6) is -0.826. The van der Waals surface area contributed by atoms with Gasteiger partial charge in [0.05, 0.1) is 30.0 Å². The molecule has 5 rings (SSSR count). The summed E-state index contributed by atoms with van der Waals surface area (Å²) in [5, 5.41) is 13.6. The number of allylic oxidation sites excluding steroid dienone is 2. The number of anilines is 3. The molecule has 0 radical (unpaired) electrons. The molecule has 1 amide bonds. The Morgan fingerprint density at radius 2 is 1.80 bits per heavy atom. The number of sulfonamides is 1. The lowest BCUT2D eigenvalue weighted by Gasteiger charge is -2.34. The van der Waals surface area contributed by atoms with Crippen molar-refractivity contribution in [1.82, 2.24) is 14.8 Å². The van der Waals surface area contributed by atoms with Crippen LogP contribution >= 0.6 is 0 Å². The fourth-order valence-electron chi connectivity index (χ4n) is 4.75. The number of fused-ring (bicyclic) bond motifs is 1. The molecular formula is C30H22F3N7O4S. The van der Waals surface area contributed by atoms with Crippen LogP contribution < -0.4 is 9.21 Å². The van der Waals surface area contributed by atoms with Gasteiger partial charge in [-0.15, -0.1) is 9.40 Å². The van der Waals surface area contributed by atoms with E-state index in [9.17, 15) is 31.6 Å². The summed E-state index contributed by atoms with van der Waals surface area (Å²) < 4.78 is 73.5. The third-order valence-electron chi connectivity index (χ3n) is 6.80. The van der Waals surface area contributed by atoms with Gasteiger partial charge in [-0.2, -0.15) is 23.4 Å². The second-order valence-corrected chi connectivity index (χ2v) is 11.7. The predicted octanol–water partition coefficient (Wildman–Crippen LogP) is 6.16. The van der Waals surface area contributed by atoms with E-state index in [2.05, 4.69) is 14.9 Å². The third kappa shape index (κ3) is 6.07. The van der Waals surface area contributed by atoms with Crippen LogP contribution in [0, 0.1) is 17.9 Å². The number of ether oxygens (including phenoxy) is 1.